The van der Waals surface area contributed by atoms with E-state index in [4.69, 9.17) is 4.74 Å². The number of carbonyl (C=O) groups excluding carboxylic acids is 2. The van der Waals surface area contributed by atoms with Crippen LogP contribution in [0.2, 0.25) is 0 Å². The zero-order valence-electron chi connectivity index (χ0n) is 14.5. The summed E-state index contributed by atoms with van der Waals surface area (Å²) >= 11 is 0. The van der Waals surface area contributed by atoms with E-state index in [1.165, 1.54) is 12.8 Å². The lowest BCUT2D eigenvalue weighted by molar-refractivity contribution is -0.145. The first-order chi connectivity index (χ1) is 11.0. The lowest BCUT2D eigenvalue weighted by atomic mass is 9.89. The van der Waals surface area contributed by atoms with Gasteiger partial charge >= 0.3 is 0 Å². The van der Waals surface area contributed by atoms with Gasteiger partial charge in [0.25, 0.3) is 0 Å². The Bertz CT molecular complexity index is 446. The van der Waals surface area contributed by atoms with Crippen LogP contribution < -0.4 is 0 Å². The van der Waals surface area contributed by atoms with Crippen LogP contribution in [0.4, 0.5) is 0 Å². The first-order valence-electron chi connectivity index (χ1n) is 9.22. The fraction of sp³-hybridized carbons (Fsp3) is 0.889. The summed E-state index contributed by atoms with van der Waals surface area (Å²) in [5.41, 5.74) is 0. The molecule has 5 heteroatoms. The second-order valence-corrected chi connectivity index (χ2v) is 7.73. The van der Waals surface area contributed by atoms with Gasteiger partial charge in [0.15, 0.2) is 0 Å². The molecule has 1 aliphatic heterocycles. The van der Waals surface area contributed by atoms with Crippen molar-refractivity contribution in [3.05, 3.63) is 0 Å². The number of amides is 2. The van der Waals surface area contributed by atoms with Crippen molar-refractivity contribution in [1.82, 2.24) is 9.80 Å². The summed E-state index contributed by atoms with van der Waals surface area (Å²) < 4.78 is 5.83. The Kier molecular flexibility index (Phi) is 5.24. The van der Waals surface area contributed by atoms with Crippen LogP contribution in [0.5, 0.6) is 0 Å². The normalized spacial score (nSPS) is 34.3. The van der Waals surface area contributed by atoms with Crippen molar-refractivity contribution in [3.63, 3.8) is 0 Å². The molecule has 3 fully saturated rings. The van der Waals surface area contributed by atoms with Crippen LogP contribution in [0.3, 0.4) is 0 Å². The maximum Gasteiger partial charge on any atom is 0.248 e. The zero-order valence-corrected chi connectivity index (χ0v) is 14.5. The van der Waals surface area contributed by atoms with Crippen LogP contribution in [0.1, 0.15) is 46.0 Å². The fourth-order valence-corrected chi connectivity index (χ4v) is 3.89. The number of hydrogen-bond acceptors (Lipinski definition) is 3. The van der Waals surface area contributed by atoms with Crippen LogP contribution in [0.25, 0.3) is 0 Å². The summed E-state index contributed by atoms with van der Waals surface area (Å²) in [5, 5.41) is 0. The molecule has 0 aromatic rings. The first kappa shape index (κ1) is 16.7. The van der Waals surface area contributed by atoms with Gasteiger partial charge in [-0.1, -0.05) is 26.7 Å². The molecule has 0 bridgehead atoms. The van der Waals surface area contributed by atoms with Crippen LogP contribution in [0, 0.1) is 17.8 Å². The Morgan fingerprint density at radius 1 is 1.00 bits per heavy atom. The van der Waals surface area contributed by atoms with Gasteiger partial charge < -0.3 is 14.5 Å². The lowest BCUT2D eigenvalue weighted by Crippen LogP contribution is -2.52. The molecule has 0 radical (unpaired) electrons. The minimum atomic E-state index is 0.0788. The van der Waals surface area contributed by atoms with E-state index in [0.717, 1.165) is 19.3 Å². The molecule has 3 rings (SSSR count). The third-order valence-corrected chi connectivity index (χ3v) is 5.70. The van der Waals surface area contributed by atoms with Crippen LogP contribution in [-0.4, -0.2) is 60.5 Å². The zero-order chi connectivity index (χ0) is 16.4. The second kappa shape index (κ2) is 7.20. The number of rotatable bonds is 4. The SMILES string of the molecule is CC1CCCC(OCC(=O)N2CCN(C(=O)C3CC3C)CC2)C1. The maximum atomic E-state index is 12.3. The summed E-state index contributed by atoms with van der Waals surface area (Å²) in [6, 6.07) is 0. The van der Waals surface area contributed by atoms with E-state index < -0.39 is 0 Å². The first-order valence-corrected chi connectivity index (χ1v) is 9.22. The number of carbonyl (C=O) groups is 2. The number of ether oxygens (including phenoxy) is 1. The van der Waals surface area contributed by atoms with Crippen molar-refractivity contribution >= 4 is 11.8 Å². The van der Waals surface area contributed by atoms with Crippen molar-refractivity contribution in [2.24, 2.45) is 17.8 Å². The second-order valence-electron chi connectivity index (χ2n) is 7.73. The van der Waals surface area contributed by atoms with Gasteiger partial charge in [0.05, 0.1) is 6.10 Å². The largest absolute Gasteiger partial charge is 0.368 e. The quantitative estimate of drug-likeness (QED) is 0.794. The smallest absolute Gasteiger partial charge is 0.248 e. The van der Waals surface area contributed by atoms with Gasteiger partial charge in [-0.15, -0.1) is 0 Å². The van der Waals surface area contributed by atoms with Gasteiger partial charge in [-0.3, -0.25) is 9.59 Å². The van der Waals surface area contributed by atoms with Gasteiger partial charge in [0.1, 0.15) is 6.61 Å². The van der Waals surface area contributed by atoms with Crippen LogP contribution >= 0.6 is 0 Å². The van der Waals surface area contributed by atoms with E-state index in [2.05, 4.69) is 13.8 Å². The molecule has 1 heterocycles. The predicted octanol–water partition coefficient (Wildman–Crippen LogP) is 1.91. The Morgan fingerprint density at radius 3 is 2.26 bits per heavy atom. The fourth-order valence-electron chi connectivity index (χ4n) is 3.89. The molecule has 2 amide bonds. The predicted molar refractivity (Wildman–Crippen MR) is 87.8 cm³/mol. The van der Waals surface area contributed by atoms with Gasteiger partial charge in [0.2, 0.25) is 11.8 Å². The Hall–Kier alpha value is -1.10. The highest BCUT2D eigenvalue weighted by Gasteiger charge is 2.42. The molecule has 3 aliphatic rings. The highest BCUT2D eigenvalue weighted by atomic mass is 16.5. The van der Waals surface area contributed by atoms with Gasteiger partial charge in [0, 0.05) is 32.1 Å². The van der Waals surface area contributed by atoms with E-state index in [0.29, 0.717) is 38.0 Å². The molecule has 130 valence electrons. The molecular formula is C18H30N2O3. The summed E-state index contributed by atoms with van der Waals surface area (Å²) in [4.78, 5) is 28.3. The number of nitrogens with zero attached hydrogens (tertiary/aromatic N) is 2. The molecule has 0 aromatic carbocycles. The van der Waals surface area contributed by atoms with Gasteiger partial charge in [-0.25, -0.2) is 0 Å². The minimum absolute atomic E-state index is 0.0788. The highest BCUT2D eigenvalue weighted by Crippen LogP contribution is 2.39. The molecular weight excluding hydrogens is 292 g/mol. The molecule has 0 spiro atoms. The van der Waals surface area contributed by atoms with Crippen molar-refractivity contribution < 1.29 is 14.3 Å². The van der Waals surface area contributed by atoms with E-state index in [-0.39, 0.29) is 30.4 Å². The Balaban J connectivity index is 1.37. The highest BCUT2D eigenvalue weighted by molar-refractivity contribution is 5.82. The summed E-state index contributed by atoms with van der Waals surface area (Å²) in [7, 11) is 0. The topological polar surface area (TPSA) is 49.9 Å². The van der Waals surface area contributed by atoms with Crippen molar-refractivity contribution in [2.45, 2.75) is 52.1 Å². The Morgan fingerprint density at radius 2 is 1.65 bits per heavy atom. The summed E-state index contributed by atoms with van der Waals surface area (Å²) in [6.07, 6.45) is 5.94. The summed E-state index contributed by atoms with van der Waals surface area (Å²) in [5.74, 6) is 1.87. The molecule has 4 atom stereocenters. The van der Waals surface area contributed by atoms with Crippen LogP contribution in [0.15, 0.2) is 0 Å². The number of piperazine rings is 1. The molecule has 1 saturated heterocycles. The molecule has 0 N–H and O–H groups in total. The van der Waals surface area contributed by atoms with E-state index in [1.807, 2.05) is 9.80 Å². The molecule has 0 aromatic heterocycles. The molecule has 2 aliphatic carbocycles. The molecule has 5 nitrogen and oxygen atoms in total. The van der Waals surface area contributed by atoms with Crippen molar-refractivity contribution in [3.8, 4) is 0 Å². The monoisotopic (exact) mass is 322 g/mol. The standard InChI is InChI=1S/C18H30N2O3/c1-13-4-3-5-15(10-13)23-12-17(21)19-6-8-20(9-7-19)18(22)16-11-14(16)2/h13-16H,3-12H2,1-2H3. The average Bonchev–Trinajstić information content (AvgIpc) is 3.29. The Labute approximate surface area is 139 Å². The third kappa shape index (κ3) is 4.25. The molecule has 23 heavy (non-hydrogen) atoms. The van der Waals surface area contributed by atoms with Crippen molar-refractivity contribution in [1.29, 1.82) is 0 Å². The van der Waals surface area contributed by atoms with Crippen LogP contribution in [-0.2, 0) is 14.3 Å². The summed E-state index contributed by atoms with van der Waals surface area (Å²) in [6.45, 7) is 7.24. The molecule has 4 unspecified atom stereocenters. The molecule has 2 saturated carbocycles. The maximum absolute atomic E-state index is 12.3. The lowest BCUT2D eigenvalue weighted by Gasteiger charge is -2.35. The van der Waals surface area contributed by atoms with Crippen molar-refractivity contribution in [2.75, 3.05) is 32.8 Å². The van der Waals surface area contributed by atoms with Gasteiger partial charge in [-0.2, -0.15) is 0 Å². The third-order valence-electron chi connectivity index (χ3n) is 5.70. The van der Waals surface area contributed by atoms with Gasteiger partial charge in [-0.05, 0) is 31.1 Å². The van der Waals surface area contributed by atoms with E-state index >= 15 is 0 Å². The van der Waals surface area contributed by atoms with E-state index in [9.17, 15) is 9.59 Å². The minimum Gasteiger partial charge on any atom is -0.368 e. The van der Waals surface area contributed by atoms with E-state index in [1.54, 1.807) is 0 Å². The average molecular weight is 322 g/mol. The number of hydrogen-bond donors (Lipinski definition) is 0.